The summed E-state index contributed by atoms with van der Waals surface area (Å²) in [7, 11) is -3.10. The number of carbonyl (C=O) groups excluding carboxylic acids is 1. The van der Waals surface area contributed by atoms with E-state index in [1.54, 1.807) is 0 Å². The van der Waals surface area contributed by atoms with E-state index in [4.69, 9.17) is 10.2 Å². The average molecular weight is 280 g/mol. The summed E-state index contributed by atoms with van der Waals surface area (Å²) in [6.07, 6.45) is -1.30. The molecule has 0 spiro atoms. The second-order valence-electron chi connectivity index (χ2n) is 4.03. The van der Waals surface area contributed by atoms with Crippen LogP contribution >= 0.6 is 0 Å². The minimum absolute atomic E-state index is 0.0501. The summed E-state index contributed by atoms with van der Waals surface area (Å²) in [6, 6.07) is -0.563. The molecule has 3 N–H and O–H groups in total. The number of nitrogens with zero attached hydrogens (tertiary/aromatic N) is 1. The van der Waals surface area contributed by atoms with Gasteiger partial charge in [0.2, 0.25) is 0 Å². The highest BCUT2D eigenvalue weighted by molar-refractivity contribution is 7.91. The summed E-state index contributed by atoms with van der Waals surface area (Å²) < 4.78 is 22.6. The van der Waals surface area contributed by atoms with Crippen molar-refractivity contribution >= 4 is 21.8 Å². The maximum Gasteiger partial charge on any atom is 0.334 e. The number of amides is 2. The first kappa shape index (κ1) is 14.7. The molecule has 0 aromatic carbocycles. The molecular weight excluding hydrogens is 264 g/mol. The number of hydrogen-bond acceptors (Lipinski definition) is 5. The van der Waals surface area contributed by atoms with Gasteiger partial charge in [-0.1, -0.05) is 0 Å². The molecule has 0 aliphatic carbocycles. The van der Waals surface area contributed by atoms with E-state index < -0.39 is 34.5 Å². The zero-order valence-corrected chi connectivity index (χ0v) is 10.5. The van der Waals surface area contributed by atoms with Crippen LogP contribution < -0.4 is 5.32 Å². The fourth-order valence-corrected chi connectivity index (χ4v) is 2.80. The lowest BCUT2D eigenvalue weighted by Gasteiger charge is -2.20. The first-order chi connectivity index (χ1) is 8.32. The van der Waals surface area contributed by atoms with Crippen LogP contribution in [0.1, 0.15) is 6.42 Å². The highest BCUT2D eigenvalue weighted by atomic mass is 32.2. The van der Waals surface area contributed by atoms with Gasteiger partial charge in [0.15, 0.2) is 15.9 Å². The van der Waals surface area contributed by atoms with Gasteiger partial charge in [-0.2, -0.15) is 0 Å². The highest BCUT2D eigenvalue weighted by Gasteiger charge is 2.23. The Morgan fingerprint density at radius 2 is 1.94 bits per heavy atom. The fraction of sp³-hybridized carbons (Fsp3) is 0.778. The number of carboxylic acid groups (broad SMARTS) is 1. The molecular formula is C9H16N2O6S. The van der Waals surface area contributed by atoms with Crippen molar-refractivity contribution in [3.8, 4) is 0 Å². The average Bonchev–Trinajstić information content (AvgIpc) is 2.46. The molecule has 1 aliphatic rings. The van der Waals surface area contributed by atoms with Crippen LogP contribution in [0.4, 0.5) is 4.79 Å². The van der Waals surface area contributed by atoms with E-state index in [1.807, 2.05) is 0 Å². The molecule has 1 unspecified atom stereocenters. The molecule has 1 saturated heterocycles. The lowest BCUT2D eigenvalue weighted by Crippen LogP contribution is -2.45. The van der Waals surface area contributed by atoms with Gasteiger partial charge in [-0.25, -0.2) is 18.0 Å². The van der Waals surface area contributed by atoms with Crippen LogP contribution in [0.5, 0.6) is 0 Å². The Morgan fingerprint density at radius 3 is 2.56 bits per heavy atom. The topological polar surface area (TPSA) is 124 Å². The molecule has 0 aromatic heterocycles. The number of aliphatic hydroxyl groups is 1. The number of urea groups is 1. The van der Waals surface area contributed by atoms with Crippen molar-refractivity contribution in [2.24, 2.45) is 0 Å². The summed E-state index contributed by atoms with van der Waals surface area (Å²) in [5.74, 6) is -1.47. The Balaban J connectivity index is 2.45. The zero-order chi connectivity index (χ0) is 13.8. The van der Waals surface area contributed by atoms with Crippen molar-refractivity contribution < 1.29 is 28.2 Å². The standard InChI is InChI=1S/C9H16N2O6S/c12-7(8(13)14)6-10-9(15)11-2-1-4-18(16,17)5-3-11/h7,12H,1-6H2,(H,10,15)(H,13,14). The van der Waals surface area contributed by atoms with Crippen molar-refractivity contribution in [2.75, 3.05) is 31.1 Å². The minimum Gasteiger partial charge on any atom is -0.479 e. The van der Waals surface area contributed by atoms with Crippen molar-refractivity contribution in [1.82, 2.24) is 10.2 Å². The van der Waals surface area contributed by atoms with Crippen LogP contribution in [0.3, 0.4) is 0 Å². The predicted molar refractivity (Wildman–Crippen MR) is 61.9 cm³/mol. The Hall–Kier alpha value is -1.35. The number of aliphatic hydroxyl groups excluding tert-OH is 1. The molecule has 1 heterocycles. The third kappa shape index (κ3) is 4.49. The van der Waals surface area contributed by atoms with Crippen LogP contribution in [-0.4, -0.2) is 72.8 Å². The SMILES string of the molecule is O=C(O)C(O)CNC(=O)N1CCCS(=O)(=O)CC1. The van der Waals surface area contributed by atoms with Gasteiger partial charge in [0.1, 0.15) is 0 Å². The summed E-state index contributed by atoms with van der Waals surface area (Å²) in [6.45, 7) is -0.0248. The number of carbonyl (C=O) groups is 2. The molecule has 0 radical (unpaired) electrons. The summed E-state index contributed by atoms with van der Waals surface area (Å²) >= 11 is 0. The second-order valence-corrected chi connectivity index (χ2v) is 6.34. The first-order valence-electron chi connectivity index (χ1n) is 5.46. The van der Waals surface area contributed by atoms with Gasteiger partial charge in [-0.05, 0) is 6.42 Å². The lowest BCUT2D eigenvalue weighted by molar-refractivity contribution is -0.146. The van der Waals surface area contributed by atoms with E-state index in [2.05, 4.69) is 5.32 Å². The molecule has 1 aliphatic heterocycles. The van der Waals surface area contributed by atoms with Gasteiger partial charge in [0.05, 0.1) is 18.1 Å². The largest absolute Gasteiger partial charge is 0.479 e. The molecule has 1 atom stereocenters. The fourth-order valence-electron chi connectivity index (χ4n) is 1.52. The first-order valence-corrected chi connectivity index (χ1v) is 7.28. The molecule has 0 aromatic rings. The molecule has 8 nitrogen and oxygen atoms in total. The molecule has 18 heavy (non-hydrogen) atoms. The van der Waals surface area contributed by atoms with Crippen LogP contribution in [0.15, 0.2) is 0 Å². The Bertz CT molecular complexity index is 421. The van der Waals surface area contributed by atoms with Gasteiger partial charge in [-0.15, -0.1) is 0 Å². The number of hydrogen-bond donors (Lipinski definition) is 3. The van der Waals surface area contributed by atoms with Crippen molar-refractivity contribution in [1.29, 1.82) is 0 Å². The molecule has 0 bridgehead atoms. The van der Waals surface area contributed by atoms with E-state index in [-0.39, 0.29) is 18.1 Å². The minimum atomic E-state index is -3.10. The van der Waals surface area contributed by atoms with E-state index in [1.165, 1.54) is 4.90 Å². The summed E-state index contributed by atoms with van der Waals surface area (Å²) in [4.78, 5) is 23.2. The third-order valence-electron chi connectivity index (χ3n) is 2.57. The summed E-state index contributed by atoms with van der Waals surface area (Å²) in [5.41, 5.74) is 0. The molecule has 104 valence electrons. The van der Waals surface area contributed by atoms with Gasteiger partial charge in [0.25, 0.3) is 0 Å². The molecule has 1 rings (SSSR count). The Labute approximate surface area is 104 Å². The number of aliphatic carboxylic acids is 1. The molecule has 0 saturated carbocycles. The second kappa shape index (κ2) is 6.01. The van der Waals surface area contributed by atoms with Crippen molar-refractivity contribution in [3.63, 3.8) is 0 Å². The quantitative estimate of drug-likeness (QED) is 0.564. The van der Waals surface area contributed by atoms with Gasteiger partial charge < -0.3 is 20.4 Å². The molecule has 9 heteroatoms. The van der Waals surface area contributed by atoms with Crippen molar-refractivity contribution in [2.45, 2.75) is 12.5 Å². The lowest BCUT2D eigenvalue weighted by atomic mass is 10.3. The van der Waals surface area contributed by atoms with E-state index in [0.29, 0.717) is 13.0 Å². The van der Waals surface area contributed by atoms with Crippen LogP contribution in [0, 0.1) is 0 Å². The molecule has 1 fully saturated rings. The maximum absolute atomic E-state index is 11.6. The number of carboxylic acids is 1. The number of nitrogens with one attached hydrogen (secondary N) is 1. The van der Waals surface area contributed by atoms with Gasteiger partial charge in [0, 0.05) is 13.1 Å². The van der Waals surface area contributed by atoms with Crippen LogP contribution in [0.2, 0.25) is 0 Å². The van der Waals surface area contributed by atoms with Crippen LogP contribution in [0.25, 0.3) is 0 Å². The third-order valence-corrected chi connectivity index (χ3v) is 4.29. The number of sulfone groups is 1. The number of rotatable bonds is 3. The van der Waals surface area contributed by atoms with E-state index >= 15 is 0 Å². The van der Waals surface area contributed by atoms with Gasteiger partial charge >= 0.3 is 12.0 Å². The van der Waals surface area contributed by atoms with E-state index in [9.17, 15) is 18.0 Å². The van der Waals surface area contributed by atoms with E-state index in [0.717, 1.165) is 0 Å². The van der Waals surface area contributed by atoms with Gasteiger partial charge in [-0.3, -0.25) is 0 Å². The Morgan fingerprint density at radius 1 is 1.28 bits per heavy atom. The molecule has 2 amide bonds. The zero-order valence-electron chi connectivity index (χ0n) is 9.70. The van der Waals surface area contributed by atoms with Crippen LogP contribution in [-0.2, 0) is 14.6 Å². The van der Waals surface area contributed by atoms with Crippen molar-refractivity contribution in [3.05, 3.63) is 0 Å². The Kier molecular flexibility index (Phi) is 4.91. The monoisotopic (exact) mass is 280 g/mol. The predicted octanol–water partition coefficient (Wildman–Crippen LogP) is -1.74. The highest BCUT2D eigenvalue weighted by Crippen LogP contribution is 2.05. The normalized spacial score (nSPS) is 20.8. The smallest absolute Gasteiger partial charge is 0.334 e. The maximum atomic E-state index is 11.6. The summed E-state index contributed by atoms with van der Waals surface area (Å²) in [5, 5.41) is 19.7.